The molecule has 0 radical (unpaired) electrons. The number of rotatable bonds is 2. The van der Waals surface area contributed by atoms with Crippen LogP contribution >= 0.6 is 0 Å². The molecule has 0 spiro atoms. The van der Waals surface area contributed by atoms with Crippen molar-refractivity contribution in [3.8, 4) is 0 Å². The van der Waals surface area contributed by atoms with Crippen LogP contribution in [0.3, 0.4) is 0 Å². The highest BCUT2D eigenvalue weighted by Crippen LogP contribution is 2.39. The van der Waals surface area contributed by atoms with E-state index in [-0.39, 0.29) is 11.1 Å². The van der Waals surface area contributed by atoms with Crippen LogP contribution in [0.5, 0.6) is 0 Å². The van der Waals surface area contributed by atoms with E-state index in [0.29, 0.717) is 18.9 Å². The summed E-state index contributed by atoms with van der Waals surface area (Å²) < 4.78 is 0. The minimum atomic E-state index is -1.04. The maximum Gasteiger partial charge on any atom is 0.354 e. The van der Waals surface area contributed by atoms with Crippen LogP contribution in [0, 0.1) is 5.41 Å². The summed E-state index contributed by atoms with van der Waals surface area (Å²) in [6.45, 7) is 6.89. The predicted molar refractivity (Wildman–Crippen MR) is 67.8 cm³/mol. The monoisotopic (exact) mass is 250 g/mol. The number of aromatic carboxylic acids is 1. The smallest absolute Gasteiger partial charge is 0.354 e. The topological polar surface area (TPSA) is 73.7 Å². The Hall–Kier alpha value is -1.62. The first-order valence-electron chi connectivity index (χ1n) is 5.91. The fraction of sp³-hybridized carbons (Fsp3) is 0.538. The van der Waals surface area contributed by atoms with Crippen LogP contribution in [0.1, 0.15) is 31.3 Å². The van der Waals surface area contributed by atoms with E-state index in [1.807, 2.05) is 18.7 Å². The van der Waals surface area contributed by atoms with E-state index in [1.165, 1.54) is 6.07 Å². The second-order valence-corrected chi connectivity index (χ2v) is 5.70. The summed E-state index contributed by atoms with van der Waals surface area (Å²) in [6.07, 6.45) is 0. The highest BCUT2D eigenvalue weighted by atomic mass is 16.4. The molecule has 2 rings (SSSR count). The predicted octanol–water partition coefficient (Wildman–Crippen LogP) is 1.38. The Balaban J connectivity index is 2.30. The lowest BCUT2D eigenvalue weighted by atomic mass is 9.79. The van der Waals surface area contributed by atoms with Gasteiger partial charge in [-0.05, 0) is 19.1 Å². The van der Waals surface area contributed by atoms with Gasteiger partial charge in [-0.25, -0.2) is 9.78 Å². The zero-order valence-electron chi connectivity index (χ0n) is 10.8. The van der Waals surface area contributed by atoms with Gasteiger partial charge in [0.25, 0.3) is 0 Å². The minimum absolute atomic E-state index is 0.0249. The first-order valence-corrected chi connectivity index (χ1v) is 5.91. The first kappa shape index (κ1) is 12.8. The van der Waals surface area contributed by atoms with Crippen LogP contribution < -0.4 is 4.90 Å². The van der Waals surface area contributed by atoms with Gasteiger partial charge in [-0.1, -0.05) is 19.9 Å². The van der Waals surface area contributed by atoms with Crippen molar-refractivity contribution < 1.29 is 15.0 Å². The number of β-amino-alcohol motifs (C(OH)–C–C–N with tert-alkyl or cyclic N) is 1. The molecule has 0 amide bonds. The Labute approximate surface area is 106 Å². The minimum Gasteiger partial charge on any atom is -0.477 e. The Morgan fingerprint density at radius 1 is 1.33 bits per heavy atom. The average Bonchev–Trinajstić information content (AvgIpc) is 2.48. The molecule has 0 aliphatic carbocycles. The van der Waals surface area contributed by atoms with E-state index >= 15 is 0 Å². The number of anilines is 1. The largest absolute Gasteiger partial charge is 0.477 e. The maximum absolute atomic E-state index is 10.9. The molecular weight excluding hydrogens is 232 g/mol. The standard InChI is InChI=1S/C13H18N2O3/c1-12(2)7-15(8-13(12,3)18)10-6-4-5-9(14-10)11(16)17/h4-6,18H,7-8H2,1-3H3,(H,16,17)/t13-/m0/s1. The summed E-state index contributed by atoms with van der Waals surface area (Å²) in [5, 5.41) is 19.3. The van der Waals surface area contributed by atoms with Crippen molar-refractivity contribution in [2.75, 3.05) is 18.0 Å². The van der Waals surface area contributed by atoms with Crippen molar-refractivity contribution in [3.05, 3.63) is 23.9 Å². The summed E-state index contributed by atoms with van der Waals surface area (Å²) in [6, 6.07) is 4.90. The molecule has 1 aromatic rings. The summed E-state index contributed by atoms with van der Waals surface area (Å²) in [5.41, 5.74) is -1.04. The van der Waals surface area contributed by atoms with E-state index < -0.39 is 11.6 Å². The summed E-state index contributed by atoms with van der Waals surface area (Å²) in [5.74, 6) is -0.442. The van der Waals surface area contributed by atoms with E-state index in [2.05, 4.69) is 4.98 Å². The van der Waals surface area contributed by atoms with Crippen LogP contribution in [0.25, 0.3) is 0 Å². The molecule has 1 atom stereocenters. The van der Waals surface area contributed by atoms with Gasteiger partial charge in [-0.2, -0.15) is 0 Å². The lowest BCUT2D eigenvalue weighted by molar-refractivity contribution is -0.00891. The molecule has 0 unspecified atom stereocenters. The van der Waals surface area contributed by atoms with Crippen LogP contribution in [0.15, 0.2) is 18.2 Å². The van der Waals surface area contributed by atoms with Gasteiger partial charge >= 0.3 is 5.97 Å². The zero-order chi connectivity index (χ0) is 13.6. The fourth-order valence-electron chi connectivity index (χ4n) is 2.17. The first-order chi connectivity index (χ1) is 8.23. The lowest BCUT2D eigenvalue weighted by Gasteiger charge is -2.30. The van der Waals surface area contributed by atoms with Gasteiger partial charge < -0.3 is 15.1 Å². The molecule has 1 fully saturated rings. The van der Waals surface area contributed by atoms with Crippen molar-refractivity contribution in [1.29, 1.82) is 0 Å². The SMILES string of the molecule is CC1(C)CN(c2cccc(C(=O)O)n2)C[C@]1(C)O. The molecule has 5 heteroatoms. The molecular formula is C13H18N2O3. The molecule has 1 aliphatic rings. The third-order valence-corrected chi connectivity index (χ3v) is 3.82. The van der Waals surface area contributed by atoms with Gasteiger partial charge in [0.1, 0.15) is 5.82 Å². The third-order valence-electron chi connectivity index (χ3n) is 3.82. The molecule has 98 valence electrons. The van der Waals surface area contributed by atoms with Gasteiger partial charge in [0.15, 0.2) is 5.69 Å². The number of carboxylic acid groups (broad SMARTS) is 1. The van der Waals surface area contributed by atoms with E-state index in [1.54, 1.807) is 19.1 Å². The quantitative estimate of drug-likeness (QED) is 0.829. The highest BCUT2D eigenvalue weighted by molar-refractivity contribution is 5.85. The number of carboxylic acids is 1. The Kier molecular flexibility index (Phi) is 2.81. The molecule has 1 aromatic heterocycles. The molecule has 5 nitrogen and oxygen atoms in total. The van der Waals surface area contributed by atoms with Gasteiger partial charge in [0.2, 0.25) is 0 Å². The number of pyridine rings is 1. The van der Waals surface area contributed by atoms with Crippen molar-refractivity contribution in [2.45, 2.75) is 26.4 Å². The van der Waals surface area contributed by atoms with Gasteiger partial charge in [-0.3, -0.25) is 0 Å². The number of carbonyl (C=O) groups is 1. The second-order valence-electron chi connectivity index (χ2n) is 5.70. The Bertz CT molecular complexity index is 467. The number of nitrogens with zero attached hydrogens (tertiary/aromatic N) is 2. The number of aliphatic hydroxyl groups is 1. The van der Waals surface area contributed by atoms with Crippen molar-refractivity contribution in [2.24, 2.45) is 5.41 Å². The third kappa shape index (κ3) is 2.06. The molecule has 2 heterocycles. The molecule has 1 aliphatic heterocycles. The molecule has 1 saturated heterocycles. The lowest BCUT2D eigenvalue weighted by Crippen LogP contribution is -2.40. The van der Waals surface area contributed by atoms with Gasteiger partial charge in [0.05, 0.1) is 5.60 Å². The van der Waals surface area contributed by atoms with Crippen LogP contribution in [-0.4, -0.2) is 39.9 Å². The van der Waals surface area contributed by atoms with Gasteiger partial charge in [-0.15, -0.1) is 0 Å². The Morgan fingerprint density at radius 3 is 2.50 bits per heavy atom. The van der Waals surface area contributed by atoms with Crippen LogP contribution in [-0.2, 0) is 0 Å². The molecule has 0 saturated carbocycles. The van der Waals surface area contributed by atoms with Crippen molar-refractivity contribution in [3.63, 3.8) is 0 Å². The van der Waals surface area contributed by atoms with Crippen LogP contribution in [0.4, 0.5) is 5.82 Å². The van der Waals surface area contributed by atoms with Crippen molar-refractivity contribution >= 4 is 11.8 Å². The van der Waals surface area contributed by atoms with E-state index in [9.17, 15) is 9.90 Å². The number of hydrogen-bond acceptors (Lipinski definition) is 4. The van der Waals surface area contributed by atoms with Crippen molar-refractivity contribution in [1.82, 2.24) is 4.98 Å². The molecule has 0 aromatic carbocycles. The normalized spacial score (nSPS) is 26.3. The maximum atomic E-state index is 10.9. The second kappa shape index (κ2) is 3.95. The average molecular weight is 250 g/mol. The fourth-order valence-corrected chi connectivity index (χ4v) is 2.17. The number of hydrogen-bond donors (Lipinski definition) is 2. The van der Waals surface area contributed by atoms with Crippen LogP contribution in [0.2, 0.25) is 0 Å². The Morgan fingerprint density at radius 2 is 2.00 bits per heavy atom. The summed E-state index contributed by atoms with van der Waals surface area (Å²) >= 11 is 0. The summed E-state index contributed by atoms with van der Waals surface area (Å²) in [7, 11) is 0. The highest BCUT2D eigenvalue weighted by Gasteiger charge is 2.48. The van der Waals surface area contributed by atoms with Gasteiger partial charge in [0, 0.05) is 18.5 Å². The zero-order valence-corrected chi connectivity index (χ0v) is 10.8. The molecule has 0 bridgehead atoms. The van der Waals surface area contributed by atoms with E-state index in [4.69, 9.17) is 5.11 Å². The number of aromatic nitrogens is 1. The summed E-state index contributed by atoms with van der Waals surface area (Å²) in [4.78, 5) is 16.9. The van der Waals surface area contributed by atoms with E-state index in [0.717, 1.165) is 0 Å². The molecule has 18 heavy (non-hydrogen) atoms. The molecule has 2 N–H and O–H groups in total.